The SMILES string of the molecule is O=C(c1ccc2n(c1=O)C[C@@H]1CNC[C@H]2C1)N1CCc2oc(-c3cccnc3)nc2C1. The van der Waals surface area contributed by atoms with Gasteiger partial charge in [0.1, 0.15) is 17.0 Å². The van der Waals surface area contributed by atoms with Crippen LogP contribution in [0.25, 0.3) is 11.5 Å². The number of pyridine rings is 2. The molecule has 1 amide bonds. The zero-order valence-electron chi connectivity index (χ0n) is 17.1. The van der Waals surface area contributed by atoms with E-state index in [1.165, 1.54) is 0 Å². The molecule has 1 saturated heterocycles. The number of nitrogens with zero attached hydrogens (tertiary/aromatic N) is 4. The Morgan fingerprint density at radius 3 is 3.03 bits per heavy atom. The fourth-order valence-corrected chi connectivity index (χ4v) is 5.11. The molecule has 0 unspecified atom stereocenters. The predicted octanol–water partition coefficient (Wildman–Crippen LogP) is 1.80. The van der Waals surface area contributed by atoms with E-state index in [1.807, 2.05) is 22.8 Å². The quantitative estimate of drug-likeness (QED) is 0.684. The van der Waals surface area contributed by atoms with E-state index in [-0.39, 0.29) is 17.0 Å². The average molecular weight is 417 g/mol. The van der Waals surface area contributed by atoms with Crippen LogP contribution in [0.15, 0.2) is 45.9 Å². The molecule has 0 spiro atoms. The first-order valence-corrected chi connectivity index (χ1v) is 10.8. The van der Waals surface area contributed by atoms with E-state index in [2.05, 4.69) is 15.3 Å². The van der Waals surface area contributed by atoms with Crippen LogP contribution in [-0.4, -0.2) is 45.0 Å². The van der Waals surface area contributed by atoms with Gasteiger partial charge in [0.05, 0.1) is 12.1 Å². The van der Waals surface area contributed by atoms with Crippen LogP contribution in [0.5, 0.6) is 0 Å². The highest BCUT2D eigenvalue weighted by atomic mass is 16.4. The van der Waals surface area contributed by atoms with Crippen LogP contribution in [0.3, 0.4) is 0 Å². The van der Waals surface area contributed by atoms with E-state index < -0.39 is 0 Å². The fourth-order valence-electron chi connectivity index (χ4n) is 5.11. The molecule has 3 aliphatic heterocycles. The number of rotatable bonds is 2. The molecule has 0 aliphatic carbocycles. The van der Waals surface area contributed by atoms with E-state index in [4.69, 9.17) is 4.42 Å². The second-order valence-electron chi connectivity index (χ2n) is 8.65. The van der Waals surface area contributed by atoms with Crippen molar-refractivity contribution in [2.24, 2.45) is 5.92 Å². The summed E-state index contributed by atoms with van der Waals surface area (Å²) in [6.07, 6.45) is 5.10. The van der Waals surface area contributed by atoms with Crippen molar-refractivity contribution in [3.05, 3.63) is 69.7 Å². The van der Waals surface area contributed by atoms with Crippen molar-refractivity contribution in [2.75, 3.05) is 19.6 Å². The van der Waals surface area contributed by atoms with Crippen LogP contribution in [0, 0.1) is 5.92 Å². The topological polar surface area (TPSA) is 93.3 Å². The minimum atomic E-state index is -0.231. The summed E-state index contributed by atoms with van der Waals surface area (Å²) in [6, 6.07) is 7.41. The van der Waals surface area contributed by atoms with Crippen molar-refractivity contribution < 1.29 is 9.21 Å². The standard InChI is InChI=1S/C23H23N5O3/c29-22(17-3-4-19-16-8-14(9-25-11-16)12-28(19)23(17)30)27-7-5-20-18(13-27)26-21(31-20)15-2-1-6-24-10-15/h1-4,6,10,14,16,25H,5,7-9,11-13H2/t14-,16+/m0/s1. The highest BCUT2D eigenvalue weighted by Gasteiger charge is 2.33. The third kappa shape index (κ3) is 3.09. The number of oxazole rings is 1. The lowest BCUT2D eigenvalue weighted by Crippen LogP contribution is -2.46. The smallest absolute Gasteiger partial charge is 0.263 e. The molecule has 6 rings (SSSR count). The molecule has 2 bridgehead atoms. The minimum Gasteiger partial charge on any atom is -0.441 e. The Morgan fingerprint density at radius 2 is 2.16 bits per heavy atom. The molecule has 3 aromatic rings. The lowest BCUT2D eigenvalue weighted by Gasteiger charge is -2.37. The van der Waals surface area contributed by atoms with Crippen LogP contribution in [-0.2, 0) is 19.5 Å². The number of fused-ring (bicyclic) bond motifs is 5. The molecule has 1 fully saturated rings. The summed E-state index contributed by atoms with van der Waals surface area (Å²) in [5.41, 5.74) is 2.68. The second-order valence-corrected chi connectivity index (χ2v) is 8.65. The lowest BCUT2D eigenvalue weighted by atomic mass is 9.84. The number of aromatic nitrogens is 3. The van der Waals surface area contributed by atoms with Gasteiger partial charge in [0.25, 0.3) is 11.5 Å². The molecule has 2 atom stereocenters. The molecular formula is C23H23N5O3. The summed E-state index contributed by atoms with van der Waals surface area (Å²) in [5, 5.41) is 3.45. The fraction of sp³-hybridized carbons (Fsp3) is 0.391. The molecule has 3 aliphatic rings. The largest absolute Gasteiger partial charge is 0.441 e. The Labute approximate surface area is 178 Å². The molecule has 3 aromatic heterocycles. The van der Waals surface area contributed by atoms with Crippen LogP contribution >= 0.6 is 0 Å². The van der Waals surface area contributed by atoms with Gasteiger partial charge in [-0.05, 0) is 43.1 Å². The van der Waals surface area contributed by atoms with Gasteiger partial charge in [0.2, 0.25) is 5.89 Å². The Bertz CT molecular complexity index is 1220. The normalized spacial score (nSPS) is 22.0. The highest BCUT2D eigenvalue weighted by Crippen LogP contribution is 2.32. The van der Waals surface area contributed by atoms with E-state index in [1.54, 1.807) is 23.4 Å². The van der Waals surface area contributed by atoms with Gasteiger partial charge < -0.3 is 19.2 Å². The highest BCUT2D eigenvalue weighted by molar-refractivity contribution is 5.94. The molecule has 0 aromatic carbocycles. The number of nitrogens with one attached hydrogen (secondary N) is 1. The maximum Gasteiger partial charge on any atom is 0.263 e. The summed E-state index contributed by atoms with van der Waals surface area (Å²) in [5.74, 6) is 1.88. The van der Waals surface area contributed by atoms with E-state index >= 15 is 0 Å². The Balaban J connectivity index is 1.28. The Kier molecular flexibility index (Phi) is 4.27. The molecule has 158 valence electrons. The van der Waals surface area contributed by atoms with Crippen LogP contribution in [0.4, 0.5) is 0 Å². The number of hydrogen-bond donors (Lipinski definition) is 1. The first-order chi connectivity index (χ1) is 15.2. The predicted molar refractivity (Wildman–Crippen MR) is 113 cm³/mol. The third-order valence-electron chi connectivity index (χ3n) is 6.66. The van der Waals surface area contributed by atoms with Crippen LogP contribution in [0.1, 0.15) is 39.8 Å². The Hall–Kier alpha value is -3.26. The van der Waals surface area contributed by atoms with Crippen LogP contribution in [0.2, 0.25) is 0 Å². The van der Waals surface area contributed by atoms with Gasteiger partial charge >= 0.3 is 0 Å². The molecule has 6 heterocycles. The van der Waals surface area contributed by atoms with Gasteiger partial charge in [-0.3, -0.25) is 14.6 Å². The summed E-state index contributed by atoms with van der Waals surface area (Å²) in [6.45, 7) is 3.35. The monoisotopic (exact) mass is 417 g/mol. The van der Waals surface area contributed by atoms with Crippen molar-refractivity contribution >= 4 is 5.91 Å². The summed E-state index contributed by atoms with van der Waals surface area (Å²) in [7, 11) is 0. The van der Waals surface area contributed by atoms with Gasteiger partial charge in [-0.15, -0.1) is 0 Å². The molecule has 8 heteroatoms. The molecule has 1 N–H and O–H groups in total. The number of carbonyl (C=O) groups is 1. The first-order valence-electron chi connectivity index (χ1n) is 10.8. The van der Waals surface area contributed by atoms with Gasteiger partial charge in [0.15, 0.2) is 0 Å². The zero-order valence-corrected chi connectivity index (χ0v) is 17.1. The number of amides is 1. The molecule has 31 heavy (non-hydrogen) atoms. The lowest BCUT2D eigenvalue weighted by molar-refractivity contribution is 0.0724. The summed E-state index contributed by atoms with van der Waals surface area (Å²) >= 11 is 0. The van der Waals surface area contributed by atoms with Gasteiger partial charge in [-0.2, -0.15) is 0 Å². The van der Waals surface area contributed by atoms with Gasteiger partial charge in [-0.1, -0.05) is 0 Å². The van der Waals surface area contributed by atoms with Crippen molar-refractivity contribution in [1.29, 1.82) is 0 Å². The van der Waals surface area contributed by atoms with Crippen molar-refractivity contribution in [3.8, 4) is 11.5 Å². The summed E-state index contributed by atoms with van der Waals surface area (Å²) < 4.78 is 7.74. The third-order valence-corrected chi connectivity index (χ3v) is 6.66. The first kappa shape index (κ1) is 18.5. The van der Waals surface area contributed by atoms with Crippen molar-refractivity contribution in [2.45, 2.75) is 31.8 Å². The second kappa shape index (κ2) is 7.16. The maximum atomic E-state index is 13.3. The van der Waals surface area contributed by atoms with E-state index in [0.717, 1.165) is 42.2 Å². The van der Waals surface area contributed by atoms with E-state index in [0.29, 0.717) is 43.8 Å². The number of hydrogen-bond acceptors (Lipinski definition) is 6. The molecule has 8 nitrogen and oxygen atoms in total. The van der Waals surface area contributed by atoms with Crippen molar-refractivity contribution in [1.82, 2.24) is 24.8 Å². The molecule has 0 saturated carbocycles. The van der Waals surface area contributed by atoms with E-state index in [9.17, 15) is 9.59 Å². The van der Waals surface area contributed by atoms with Gasteiger partial charge in [-0.25, -0.2) is 4.98 Å². The zero-order chi connectivity index (χ0) is 20.9. The molecule has 0 radical (unpaired) electrons. The maximum absolute atomic E-state index is 13.3. The average Bonchev–Trinajstić information content (AvgIpc) is 3.24. The van der Waals surface area contributed by atoms with Crippen molar-refractivity contribution in [3.63, 3.8) is 0 Å². The minimum absolute atomic E-state index is 0.166. The van der Waals surface area contributed by atoms with Gasteiger partial charge in [0, 0.05) is 50.1 Å². The number of carbonyl (C=O) groups excluding carboxylic acids is 1. The number of piperidine rings is 1. The molecular weight excluding hydrogens is 394 g/mol. The van der Waals surface area contributed by atoms with Crippen LogP contribution < -0.4 is 10.9 Å². The summed E-state index contributed by atoms with van der Waals surface area (Å²) in [4.78, 5) is 36.9. The Morgan fingerprint density at radius 1 is 1.23 bits per heavy atom.